The molecule has 2 aromatic rings. The molecule has 0 bridgehead atoms. The fraction of sp³-hybridized carbons (Fsp3) is 0.273. The summed E-state index contributed by atoms with van der Waals surface area (Å²) >= 11 is 0. The monoisotopic (exact) mass is 414 g/mol. The summed E-state index contributed by atoms with van der Waals surface area (Å²) in [5, 5.41) is 0. The van der Waals surface area contributed by atoms with E-state index in [1.165, 1.54) is 46.1 Å². The second-order valence-electron chi connectivity index (χ2n) is 6.36. The quantitative estimate of drug-likeness (QED) is 0.369. The van der Waals surface area contributed by atoms with E-state index in [1.807, 2.05) is 0 Å². The zero-order chi connectivity index (χ0) is 22.3. The average Bonchev–Trinajstić information content (AvgIpc) is 2.66. The number of hydrogen-bond acceptors (Lipinski definition) is 8. The Labute approximate surface area is 173 Å². The molecule has 0 spiro atoms. The van der Waals surface area contributed by atoms with E-state index in [0.29, 0.717) is 5.75 Å². The van der Waals surface area contributed by atoms with E-state index in [-0.39, 0.29) is 23.5 Å². The normalized spacial score (nSPS) is 11.2. The Balaban J connectivity index is 2.38. The lowest BCUT2D eigenvalue weighted by Gasteiger charge is -2.18. The van der Waals surface area contributed by atoms with Crippen molar-refractivity contribution in [2.24, 2.45) is 0 Å². The van der Waals surface area contributed by atoms with Crippen LogP contribution in [0.4, 0.5) is 0 Å². The van der Waals surface area contributed by atoms with E-state index in [0.717, 1.165) is 5.56 Å². The van der Waals surface area contributed by atoms with E-state index >= 15 is 0 Å². The number of carbonyl (C=O) groups is 4. The van der Waals surface area contributed by atoms with E-state index in [9.17, 15) is 19.2 Å². The zero-order valence-corrected chi connectivity index (χ0v) is 17.1. The highest BCUT2D eigenvalue weighted by Gasteiger charge is 2.27. The Morgan fingerprint density at radius 1 is 0.800 bits per heavy atom. The van der Waals surface area contributed by atoms with Crippen molar-refractivity contribution in [2.45, 2.75) is 33.3 Å². The van der Waals surface area contributed by atoms with E-state index in [4.69, 9.17) is 18.9 Å². The van der Waals surface area contributed by atoms with Gasteiger partial charge in [-0.05, 0) is 29.8 Å². The molecule has 0 saturated heterocycles. The van der Waals surface area contributed by atoms with Crippen LogP contribution in [0.3, 0.4) is 0 Å². The maximum Gasteiger partial charge on any atom is 0.308 e. The molecule has 0 aromatic heterocycles. The first-order valence-electron chi connectivity index (χ1n) is 9.05. The van der Waals surface area contributed by atoms with Gasteiger partial charge in [0.05, 0.1) is 12.7 Å². The molecule has 0 aliphatic carbocycles. The predicted molar refractivity (Wildman–Crippen MR) is 106 cm³/mol. The number of carbonyl (C=O) groups excluding carboxylic acids is 4. The predicted octanol–water partition coefficient (Wildman–Crippen LogP) is 2.90. The van der Waals surface area contributed by atoms with Gasteiger partial charge in [-0.3, -0.25) is 19.2 Å². The summed E-state index contributed by atoms with van der Waals surface area (Å²) in [7, 11) is 1.54. The van der Waals surface area contributed by atoms with Crippen LogP contribution in [0.15, 0.2) is 42.5 Å². The smallest absolute Gasteiger partial charge is 0.308 e. The molecule has 0 amide bonds. The minimum absolute atomic E-state index is 0.0147. The Kier molecular flexibility index (Phi) is 7.69. The molecule has 30 heavy (non-hydrogen) atoms. The van der Waals surface area contributed by atoms with Crippen LogP contribution < -0.4 is 14.2 Å². The van der Waals surface area contributed by atoms with Gasteiger partial charge in [0, 0.05) is 33.3 Å². The average molecular weight is 414 g/mol. The third kappa shape index (κ3) is 6.44. The second-order valence-corrected chi connectivity index (χ2v) is 6.36. The van der Waals surface area contributed by atoms with Gasteiger partial charge in [-0.2, -0.15) is 0 Å². The summed E-state index contributed by atoms with van der Waals surface area (Å²) < 4.78 is 20.4. The Hall–Kier alpha value is -3.68. The minimum atomic E-state index is -1.15. The molecule has 0 N–H and O–H groups in total. The Morgan fingerprint density at radius 3 is 1.93 bits per heavy atom. The summed E-state index contributed by atoms with van der Waals surface area (Å²) in [5.74, 6) is -1.78. The van der Waals surface area contributed by atoms with Crippen LogP contribution in [0, 0.1) is 0 Å². The molecule has 158 valence electrons. The minimum Gasteiger partial charge on any atom is -0.497 e. The molecule has 2 aromatic carbocycles. The van der Waals surface area contributed by atoms with Crippen LogP contribution in [-0.4, -0.2) is 36.9 Å². The van der Waals surface area contributed by atoms with Crippen molar-refractivity contribution < 1.29 is 38.1 Å². The number of ether oxygens (including phenoxy) is 4. The van der Waals surface area contributed by atoms with Crippen LogP contribution in [0.5, 0.6) is 17.2 Å². The van der Waals surface area contributed by atoms with Gasteiger partial charge in [0.25, 0.3) is 0 Å². The molecule has 8 nitrogen and oxygen atoms in total. The fourth-order valence-corrected chi connectivity index (χ4v) is 2.71. The van der Waals surface area contributed by atoms with Gasteiger partial charge in [-0.15, -0.1) is 0 Å². The Morgan fingerprint density at radius 2 is 1.40 bits per heavy atom. The van der Waals surface area contributed by atoms with Gasteiger partial charge < -0.3 is 18.9 Å². The van der Waals surface area contributed by atoms with Crippen molar-refractivity contribution in [2.75, 3.05) is 7.11 Å². The molecule has 0 aliphatic rings. The second kappa shape index (κ2) is 10.2. The topological polar surface area (TPSA) is 105 Å². The summed E-state index contributed by atoms with van der Waals surface area (Å²) in [6, 6.07) is 10.9. The largest absolute Gasteiger partial charge is 0.497 e. The van der Waals surface area contributed by atoms with Crippen molar-refractivity contribution in [3.63, 3.8) is 0 Å². The molecule has 0 fully saturated rings. The molecule has 1 unspecified atom stereocenters. The third-order valence-electron chi connectivity index (χ3n) is 3.91. The van der Waals surface area contributed by atoms with Crippen molar-refractivity contribution in [3.8, 4) is 17.2 Å². The zero-order valence-electron chi connectivity index (χ0n) is 17.1. The summed E-state index contributed by atoms with van der Waals surface area (Å²) in [4.78, 5) is 47.4. The van der Waals surface area contributed by atoms with E-state index < -0.39 is 29.8 Å². The number of benzene rings is 2. The highest BCUT2D eigenvalue weighted by Crippen LogP contribution is 2.28. The maximum absolute atomic E-state index is 13.1. The Bertz CT molecular complexity index is 946. The van der Waals surface area contributed by atoms with Crippen molar-refractivity contribution >= 4 is 23.7 Å². The number of methoxy groups -OCH3 is 1. The SMILES string of the molecule is COc1ccc(CC(OC(C)=O)C(=O)c2ccc(OC(C)=O)cc2OC(C)=O)cc1. The van der Waals surface area contributed by atoms with Crippen LogP contribution in [0.25, 0.3) is 0 Å². The molecule has 2 rings (SSSR count). The first-order valence-corrected chi connectivity index (χ1v) is 9.05. The van der Waals surface area contributed by atoms with Gasteiger partial charge in [-0.1, -0.05) is 12.1 Å². The number of Topliss-reactive ketones (excluding diaryl/α,β-unsaturated/α-hetero) is 1. The van der Waals surface area contributed by atoms with Crippen molar-refractivity contribution in [1.29, 1.82) is 0 Å². The number of ketones is 1. The van der Waals surface area contributed by atoms with E-state index in [2.05, 4.69) is 0 Å². The summed E-state index contributed by atoms with van der Waals surface area (Å²) in [5.41, 5.74) is 0.752. The van der Waals surface area contributed by atoms with Crippen LogP contribution in [-0.2, 0) is 25.5 Å². The molecule has 0 aliphatic heterocycles. The van der Waals surface area contributed by atoms with Gasteiger partial charge >= 0.3 is 17.9 Å². The van der Waals surface area contributed by atoms with Crippen molar-refractivity contribution in [3.05, 3.63) is 53.6 Å². The lowest BCUT2D eigenvalue weighted by atomic mass is 9.98. The van der Waals surface area contributed by atoms with Crippen molar-refractivity contribution in [1.82, 2.24) is 0 Å². The number of rotatable bonds is 8. The molecule has 8 heteroatoms. The third-order valence-corrected chi connectivity index (χ3v) is 3.91. The molecular weight excluding hydrogens is 392 g/mol. The molecule has 1 atom stereocenters. The van der Waals surface area contributed by atoms with Crippen LogP contribution in [0.1, 0.15) is 36.7 Å². The number of hydrogen-bond donors (Lipinski definition) is 0. The number of esters is 3. The molecule has 0 heterocycles. The molecule has 0 saturated carbocycles. The first kappa shape index (κ1) is 22.6. The molecular formula is C22H22O8. The fourth-order valence-electron chi connectivity index (χ4n) is 2.71. The highest BCUT2D eigenvalue weighted by atomic mass is 16.6. The maximum atomic E-state index is 13.1. The molecule has 0 radical (unpaired) electrons. The van der Waals surface area contributed by atoms with Crippen LogP contribution >= 0.6 is 0 Å². The summed E-state index contributed by atoms with van der Waals surface area (Å²) in [6.07, 6.45) is -1.04. The lowest BCUT2D eigenvalue weighted by Crippen LogP contribution is -2.29. The highest BCUT2D eigenvalue weighted by molar-refractivity contribution is 6.03. The standard InChI is InChI=1S/C22H22O8/c1-13(23)28-18-9-10-19(20(12-18)29-14(2)24)22(26)21(30-15(3)25)11-16-5-7-17(27-4)8-6-16/h5-10,12,21H,11H2,1-4H3. The van der Waals surface area contributed by atoms with Gasteiger partial charge in [0.15, 0.2) is 6.10 Å². The van der Waals surface area contributed by atoms with Crippen LogP contribution in [0.2, 0.25) is 0 Å². The summed E-state index contributed by atoms with van der Waals surface area (Å²) in [6.45, 7) is 3.59. The lowest BCUT2D eigenvalue weighted by molar-refractivity contribution is -0.144. The first-order chi connectivity index (χ1) is 14.2. The van der Waals surface area contributed by atoms with E-state index in [1.54, 1.807) is 24.3 Å². The van der Waals surface area contributed by atoms with Gasteiger partial charge in [0.1, 0.15) is 17.2 Å². The van der Waals surface area contributed by atoms with Gasteiger partial charge in [0.2, 0.25) is 5.78 Å². The van der Waals surface area contributed by atoms with Gasteiger partial charge in [-0.25, -0.2) is 0 Å².